The topological polar surface area (TPSA) is 103 Å². The van der Waals surface area contributed by atoms with E-state index in [1.165, 1.54) is 23.1 Å². The summed E-state index contributed by atoms with van der Waals surface area (Å²) in [6.45, 7) is 3.96. The molecule has 0 saturated carbocycles. The minimum absolute atomic E-state index is 0.0962. The Hall–Kier alpha value is -5.19. The van der Waals surface area contributed by atoms with Crippen molar-refractivity contribution in [2.75, 3.05) is 29.6 Å². The third-order valence-electron chi connectivity index (χ3n) is 7.36. The molecule has 5 aromatic rings. The van der Waals surface area contributed by atoms with Crippen molar-refractivity contribution in [3.63, 3.8) is 0 Å². The quantitative estimate of drug-likeness (QED) is 0.0912. The van der Waals surface area contributed by atoms with Crippen LogP contribution < -0.4 is 20.9 Å². The van der Waals surface area contributed by atoms with E-state index in [1.54, 1.807) is 36.4 Å². The van der Waals surface area contributed by atoms with Gasteiger partial charge in [-0.3, -0.25) is 14.4 Å². The summed E-state index contributed by atoms with van der Waals surface area (Å²) in [5, 5.41) is 8.88. The fraction of sp³-hybridized carbons (Fsp3) is 0.158. The van der Waals surface area contributed by atoms with Crippen molar-refractivity contribution < 1.29 is 14.4 Å². The van der Waals surface area contributed by atoms with Crippen LogP contribution in [-0.2, 0) is 9.59 Å². The number of aryl methyl sites for hydroxylation is 1. The molecule has 3 N–H and O–H groups in total. The lowest BCUT2D eigenvalue weighted by Crippen LogP contribution is -2.30. The van der Waals surface area contributed by atoms with Crippen molar-refractivity contribution in [2.45, 2.75) is 30.4 Å². The van der Waals surface area contributed by atoms with Crippen molar-refractivity contribution >= 4 is 63.4 Å². The van der Waals surface area contributed by atoms with Crippen LogP contribution in [0.5, 0.6) is 0 Å². The Kier molecular flexibility index (Phi) is 11.4. The monoisotopic (exact) mass is 675 g/mol. The highest BCUT2D eigenvalue weighted by molar-refractivity contribution is 8.00. The Morgan fingerprint density at radius 2 is 1.56 bits per heavy atom. The van der Waals surface area contributed by atoms with Crippen LogP contribution in [0, 0.1) is 6.92 Å². The zero-order chi connectivity index (χ0) is 34.0. The maximum atomic E-state index is 13.6. The number of hydrogen-bond acceptors (Lipinski definition) is 7. The number of carbonyl (C=O) groups excluding carboxylic acids is 3. The number of nitrogens with one attached hydrogen (secondary N) is 3. The number of benzene rings is 4. The molecule has 5 rings (SSSR count). The van der Waals surface area contributed by atoms with Crippen LogP contribution in [0.2, 0.25) is 0 Å². The van der Waals surface area contributed by atoms with Gasteiger partial charge >= 0.3 is 0 Å². The highest BCUT2D eigenvalue weighted by atomic mass is 32.2. The molecule has 3 amide bonds. The average Bonchev–Trinajstić information content (AvgIpc) is 3.47. The average molecular weight is 676 g/mol. The van der Waals surface area contributed by atoms with Crippen LogP contribution in [0.4, 0.5) is 16.5 Å². The minimum Gasteiger partial charge on any atom is -0.378 e. The second kappa shape index (κ2) is 16.1. The van der Waals surface area contributed by atoms with Crippen LogP contribution >= 0.6 is 23.1 Å². The van der Waals surface area contributed by atoms with Gasteiger partial charge in [0.05, 0.1) is 10.9 Å². The summed E-state index contributed by atoms with van der Waals surface area (Å²) in [7, 11) is 3.91. The number of nitrogens with zero attached hydrogens (tertiary/aromatic N) is 2. The van der Waals surface area contributed by atoms with E-state index in [9.17, 15) is 14.4 Å². The van der Waals surface area contributed by atoms with E-state index in [2.05, 4.69) is 20.9 Å². The summed E-state index contributed by atoms with van der Waals surface area (Å²) in [5.74, 6) is -1.01. The van der Waals surface area contributed by atoms with Crippen molar-refractivity contribution in [3.8, 4) is 11.3 Å². The van der Waals surface area contributed by atoms with E-state index in [1.807, 2.05) is 112 Å². The first kappa shape index (κ1) is 34.2. The van der Waals surface area contributed by atoms with Crippen molar-refractivity contribution in [2.24, 2.45) is 0 Å². The summed E-state index contributed by atoms with van der Waals surface area (Å²) in [4.78, 5) is 48.5. The largest absolute Gasteiger partial charge is 0.378 e. The maximum Gasteiger partial charge on any atom is 0.272 e. The Morgan fingerprint density at radius 1 is 0.875 bits per heavy atom. The Balaban J connectivity index is 1.29. The van der Waals surface area contributed by atoms with Crippen LogP contribution in [0.1, 0.15) is 34.1 Å². The van der Waals surface area contributed by atoms with Gasteiger partial charge in [-0.15, -0.1) is 23.1 Å². The fourth-order valence-electron chi connectivity index (χ4n) is 4.81. The van der Waals surface area contributed by atoms with Crippen molar-refractivity contribution in [1.29, 1.82) is 0 Å². The number of aromatic nitrogens is 1. The molecule has 0 bridgehead atoms. The molecule has 4 aromatic carbocycles. The second-order valence-corrected chi connectivity index (χ2v) is 13.6. The van der Waals surface area contributed by atoms with E-state index in [4.69, 9.17) is 0 Å². The number of carbonyl (C=O) groups is 3. The van der Waals surface area contributed by atoms with Gasteiger partial charge in [0.2, 0.25) is 5.91 Å². The van der Waals surface area contributed by atoms with Crippen molar-refractivity contribution in [3.05, 3.63) is 131 Å². The molecule has 8 nitrogen and oxygen atoms in total. The molecule has 0 aliphatic heterocycles. The molecule has 0 aliphatic carbocycles. The summed E-state index contributed by atoms with van der Waals surface area (Å²) in [6.07, 6.45) is 2.24. The predicted molar refractivity (Wildman–Crippen MR) is 199 cm³/mol. The van der Waals surface area contributed by atoms with Crippen molar-refractivity contribution in [1.82, 2.24) is 10.3 Å². The number of thioether (sulfide) groups is 1. The van der Waals surface area contributed by atoms with Crippen LogP contribution in [0.25, 0.3) is 17.3 Å². The molecule has 10 heteroatoms. The predicted octanol–water partition coefficient (Wildman–Crippen LogP) is 8.10. The summed E-state index contributed by atoms with van der Waals surface area (Å²) in [5.41, 5.74) is 4.70. The normalized spacial score (nSPS) is 11.8. The van der Waals surface area contributed by atoms with Gasteiger partial charge in [0.15, 0.2) is 5.13 Å². The van der Waals surface area contributed by atoms with E-state index >= 15 is 0 Å². The Bertz CT molecular complexity index is 1910. The molecule has 0 radical (unpaired) electrons. The molecular weight excluding hydrogens is 639 g/mol. The number of hydrogen-bond donors (Lipinski definition) is 3. The first-order valence-corrected chi connectivity index (χ1v) is 17.2. The smallest absolute Gasteiger partial charge is 0.272 e. The first-order valence-electron chi connectivity index (χ1n) is 15.5. The lowest BCUT2D eigenvalue weighted by Gasteiger charge is -2.15. The van der Waals surface area contributed by atoms with Gasteiger partial charge in [0.25, 0.3) is 11.8 Å². The maximum absolute atomic E-state index is 13.6. The zero-order valence-electron chi connectivity index (χ0n) is 27.2. The SMILES string of the molecule is CCC(Sc1cccc(NC(=O)/C(=C\c2ccc(N(C)C)cc2)NC(=O)c2ccccc2)c1)C(=O)Nc1nc(-c2ccccc2)c(C)s1. The van der Waals surface area contributed by atoms with E-state index in [-0.39, 0.29) is 16.9 Å². The van der Waals surface area contributed by atoms with Gasteiger partial charge in [0, 0.05) is 46.4 Å². The second-order valence-electron chi connectivity index (χ2n) is 11.1. The molecule has 1 atom stereocenters. The third-order valence-corrected chi connectivity index (χ3v) is 9.60. The summed E-state index contributed by atoms with van der Waals surface area (Å²) in [6, 6.07) is 33.6. The molecule has 0 saturated heterocycles. The first-order chi connectivity index (χ1) is 23.2. The number of thiazole rings is 1. The molecule has 0 spiro atoms. The van der Waals surface area contributed by atoms with E-state index < -0.39 is 11.8 Å². The Morgan fingerprint density at radius 3 is 2.23 bits per heavy atom. The minimum atomic E-state index is -0.476. The van der Waals surface area contributed by atoms with Crippen LogP contribution in [0.3, 0.4) is 0 Å². The molecule has 0 aliphatic rings. The molecule has 48 heavy (non-hydrogen) atoms. The molecule has 1 heterocycles. The fourth-order valence-corrected chi connectivity index (χ4v) is 6.66. The Labute approximate surface area is 289 Å². The third kappa shape index (κ3) is 8.99. The van der Waals surface area contributed by atoms with E-state index in [0.29, 0.717) is 22.8 Å². The van der Waals surface area contributed by atoms with Gasteiger partial charge in [0.1, 0.15) is 5.70 Å². The summed E-state index contributed by atoms with van der Waals surface area (Å²) >= 11 is 2.86. The lowest BCUT2D eigenvalue weighted by atomic mass is 10.1. The lowest BCUT2D eigenvalue weighted by molar-refractivity contribution is -0.116. The molecule has 1 aromatic heterocycles. The van der Waals surface area contributed by atoms with Gasteiger partial charge in [-0.2, -0.15) is 0 Å². The zero-order valence-corrected chi connectivity index (χ0v) is 28.8. The highest BCUT2D eigenvalue weighted by Gasteiger charge is 2.21. The van der Waals surface area contributed by atoms with Crippen LogP contribution in [0.15, 0.2) is 120 Å². The van der Waals surface area contributed by atoms with Gasteiger partial charge in [-0.1, -0.05) is 73.7 Å². The van der Waals surface area contributed by atoms with Gasteiger partial charge in [-0.25, -0.2) is 4.98 Å². The molecule has 244 valence electrons. The number of anilines is 3. The van der Waals surface area contributed by atoms with Gasteiger partial charge < -0.3 is 20.9 Å². The van der Waals surface area contributed by atoms with E-state index in [0.717, 1.165) is 32.3 Å². The number of rotatable bonds is 12. The van der Waals surface area contributed by atoms with Gasteiger partial charge in [-0.05, 0) is 67.4 Å². The summed E-state index contributed by atoms with van der Waals surface area (Å²) < 4.78 is 0. The standard InChI is InChI=1S/C38H37N5O3S2/c1-5-33(37(46)42-38-41-34(25(2)47-38)27-13-8-6-9-14-27)48-31-18-12-17-29(24-31)39-36(45)32(40-35(44)28-15-10-7-11-16-28)23-26-19-21-30(22-20-26)43(3)4/h6-24,33H,5H2,1-4H3,(H,39,45)(H,40,44)(H,41,42,46)/b32-23+. The highest BCUT2D eigenvalue weighted by Crippen LogP contribution is 2.32. The molecule has 1 unspecified atom stereocenters. The molecule has 0 fully saturated rings. The molecular formula is C38H37N5O3S2. The van der Waals surface area contributed by atoms with Crippen LogP contribution in [-0.4, -0.2) is 42.1 Å². The number of amides is 3.